The number of aliphatic carboxylic acids is 1. The summed E-state index contributed by atoms with van der Waals surface area (Å²) in [6.07, 6.45) is -0.343. The monoisotopic (exact) mass is 268 g/mol. The molecule has 1 aromatic carbocycles. The van der Waals surface area contributed by atoms with E-state index >= 15 is 0 Å². The zero-order valence-electron chi connectivity index (χ0n) is 9.67. The Bertz CT molecular complexity index is 676. The molecule has 0 aliphatic heterocycles. The summed E-state index contributed by atoms with van der Waals surface area (Å²) >= 11 is 0. The van der Waals surface area contributed by atoms with Crippen LogP contribution in [-0.4, -0.2) is 21.3 Å². The van der Waals surface area contributed by atoms with E-state index in [4.69, 9.17) is 5.11 Å². The molecule has 0 saturated heterocycles. The number of nitrogens with one attached hydrogen (secondary N) is 2. The molecule has 2 rings (SSSR count). The first-order valence-corrected chi connectivity index (χ1v) is 5.45. The van der Waals surface area contributed by atoms with Crippen LogP contribution < -0.4 is 5.56 Å². The van der Waals surface area contributed by atoms with Gasteiger partial charge < -0.3 is 5.11 Å². The van der Waals surface area contributed by atoms with Crippen LogP contribution in [0.3, 0.4) is 0 Å². The van der Waals surface area contributed by atoms with Crippen molar-refractivity contribution in [3.8, 4) is 11.3 Å². The van der Waals surface area contributed by atoms with Crippen LogP contribution in [0.1, 0.15) is 12.0 Å². The maximum Gasteiger partial charge on any atom is 0.303 e. The van der Waals surface area contributed by atoms with E-state index in [1.165, 1.54) is 0 Å². The van der Waals surface area contributed by atoms with Crippen LogP contribution in [-0.2, 0) is 11.2 Å². The summed E-state index contributed by atoms with van der Waals surface area (Å²) in [4.78, 5) is 22.0. The van der Waals surface area contributed by atoms with E-state index in [0.29, 0.717) is 0 Å². The van der Waals surface area contributed by atoms with Gasteiger partial charge in [-0.15, -0.1) is 0 Å². The standard InChI is InChI=1S/C12H10F2N2O3/c13-6-1-3-9(14)8(5-6)11-7(2-4-10(17)18)12(19)16-15-11/h1,3,5H,2,4H2,(H,17,18)(H2,15,16,19). The molecule has 3 N–H and O–H groups in total. The van der Waals surface area contributed by atoms with Gasteiger partial charge in [0.15, 0.2) is 0 Å². The first-order valence-electron chi connectivity index (χ1n) is 5.45. The molecule has 0 bridgehead atoms. The van der Waals surface area contributed by atoms with Crippen LogP contribution in [0.15, 0.2) is 23.0 Å². The molecule has 0 aliphatic carbocycles. The summed E-state index contributed by atoms with van der Waals surface area (Å²) < 4.78 is 26.7. The Kier molecular flexibility index (Phi) is 3.46. The first-order chi connectivity index (χ1) is 8.99. The Balaban J connectivity index is 2.48. The molecular weight excluding hydrogens is 258 g/mol. The Morgan fingerprint density at radius 1 is 1.26 bits per heavy atom. The summed E-state index contributed by atoms with van der Waals surface area (Å²) in [7, 11) is 0. The molecule has 1 aromatic heterocycles. The van der Waals surface area contributed by atoms with Crippen molar-refractivity contribution >= 4 is 5.97 Å². The predicted octanol–water partition coefficient (Wildman–Crippen LogP) is 1.67. The van der Waals surface area contributed by atoms with E-state index in [-0.39, 0.29) is 29.7 Å². The average molecular weight is 268 g/mol. The predicted molar refractivity (Wildman–Crippen MR) is 62.7 cm³/mol. The fourth-order valence-corrected chi connectivity index (χ4v) is 1.77. The number of hydrogen-bond donors (Lipinski definition) is 3. The van der Waals surface area contributed by atoms with Gasteiger partial charge in [-0.25, -0.2) is 8.78 Å². The SMILES string of the molecule is O=C(O)CCc1c(-c2cc(F)ccc2F)[nH][nH]c1=O. The number of hydrogen-bond acceptors (Lipinski definition) is 2. The molecular formula is C12H10F2N2O3. The average Bonchev–Trinajstić information content (AvgIpc) is 2.71. The molecule has 5 nitrogen and oxygen atoms in total. The lowest BCUT2D eigenvalue weighted by molar-refractivity contribution is -0.136. The lowest BCUT2D eigenvalue weighted by Crippen LogP contribution is -2.09. The van der Waals surface area contributed by atoms with Gasteiger partial charge in [-0.1, -0.05) is 0 Å². The second-order valence-electron chi connectivity index (χ2n) is 3.95. The molecule has 0 aliphatic rings. The number of carbonyl (C=O) groups is 1. The summed E-state index contributed by atoms with van der Waals surface area (Å²) in [5.74, 6) is -2.43. The molecule has 2 aromatic rings. The maximum absolute atomic E-state index is 13.6. The molecule has 7 heteroatoms. The van der Waals surface area contributed by atoms with Crippen molar-refractivity contribution in [3.63, 3.8) is 0 Å². The Labute approximate surface area is 105 Å². The van der Waals surface area contributed by atoms with Gasteiger partial charge in [0.1, 0.15) is 11.6 Å². The van der Waals surface area contributed by atoms with Gasteiger partial charge in [-0.05, 0) is 24.6 Å². The van der Waals surface area contributed by atoms with E-state index in [1.807, 2.05) is 0 Å². The van der Waals surface area contributed by atoms with E-state index in [0.717, 1.165) is 18.2 Å². The van der Waals surface area contributed by atoms with Crippen LogP contribution in [0.2, 0.25) is 0 Å². The zero-order chi connectivity index (χ0) is 14.0. The third kappa shape index (κ3) is 2.70. The minimum atomic E-state index is -1.08. The lowest BCUT2D eigenvalue weighted by Gasteiger charge is -2.03. The van der Waals surface area contributed by atoms with Crippen molar-refractivity contribution in [1.82, 2.24) is 10.2 Å². The van der Waals surface area contributed by atoms with E-state index in [2.05, 4.69) is 10.2 Å². The van der Waals surface area contributed by atoms with Gasteiger partial charge in [-0.3, -0.25) is 19.8 Å². The van der Waals surface area contributed by atoms with Gasteiger partial charge in [0, 0.05) is 17.5 Å². The van der Waals surface area contributed by atoms with Crippen molar-refractivity contribution in [3.05, 3.63) is 45.8 Å². The molecule has 0 amide bonds. The molecule has 1 heterocycles. The Morgan fingerprint density at radius 3 is 2.68 bits per heavy atom. The minimum absolute atomic E-state index is 0.0700. The second kappa shape index (κ2) is 5.05. The molecule has 0 spiro atoms. The molecule has 19 heavy (non-hydrogen) atoms. The number of aromatic nitrogens is 2. The van der Waals surface area contributed by atoms with Crippen molar-refractivity contribution in [2.24, 2.45) is 0 Å². The molecule has 0 radical (unpaired) electrons. The molecule has 0 unspecified atom stereocenters. The lowest BCUT2D eigenvalue weighted by atomic mass is 10.0. The van der Waals surface area contributed by atoms with Gasteiger partial charge in [0.25, 0.3) is 5.56 Å². The smallest absolute Gasteiger partial charge is 0.303 e. The summed E-state index contributed by atoms with van der Waals surface area (Å²) in [5.41, 5.74) is -0.492. The summed E-state index contributed by atoms with van der Waals surface area (Å²) in [6.45, 7) is 0. The molecule has 0 saturated carbocycles. The highest BCUT2D eigenvalue weighted by Crippen LogP contribution is 2.24. The fraction of sp³-hybridized carbons (Fsp3) is 0.167. The van der Waals surface area contributed by atoms with Crippen LogP contribution in [0, 0.1) is 11.6 Å². The number of aromatic amines is 2. The van der Waals surface area contributed by atoms with Gasteiger partial charge in [-0.2, -0.15) is 0 Å². The Morgan fingerprint density at radius 2 is 2.00 bits per heavy atom. The van der Waals surface area contributed by atoms with Gasteiger partial charge in [0.2, 0.25) is 0 Å². The summed E-state index contributed by atoms with van der Waals surface area (Å²) in [5, 5.41) is 13.3. The van der Waals surface area contributed by atoms with Crippen LogP contribution in [0.4, 0.5) is 8.78 Å². The van der Waals surface area contributed by atoms with Gasteiger partial charge >= 0.3 is 5.97 Å². The Hall–Kier alpha value is -2.44. The number of halogens is 2. The zero-order valence-corrected chi connectivity index (χ0v) is 9.67. The molecule has 0 fully saturated rings. The quantitative estimate of drug-likeness (QED) is 0.788. The van der Waals surface area contributed by atoms with Crippen molar-refractivity contribution < 1.29 is 18.7 Å². The summed E-state index contributed by atoms with van der Waals surface area (Å²) in [6, 6.07) is 2.84. The third-order valence-corrected chi connectivity index (χ3v) is 2.66. The number of carboxylic acid groups (broad SMARTS) is 1. The molecule has 100 valence electrons. The van der Waals surface area contributed by atoms with E-state index < -0.39 is 23.2 Å². The highest BCUT2D eigenvalue weighted by Gasteiger charge is 2.16. The highest BCUT2D eigenvalue weighted by molar-refractivity contribution is 5.69. The van der Waals surface area contributed by atoms with Crippen molar-refractivity contribution in [2.75, 3.05) is 0 Å². The maximum atomic E-state index is 13.6. The van der Waals surface area contributed by atoms with Crippen LogP contribution >= 0.6 is 0 Å². The van der Waals surface area contributed by atoms with Crippen molar-refractivity contribution in [1.29, 1.82) is 0 Å². The second-order valence-corrected chi connectivity index (χ2v) is 3.95. The van der Waals surface area contributed by atoms with Crippen molar-refractivity contribution in [2.45, 2.75) is 12.8 Å². The first kappa shape index (κ1) is 13.0. The highest BCUT2D eigenvalue weighted by atomic mass is 19.1. The van der Waals surface area contributed by atoms with E-state index in [9.17, 15) is 18.4 Å². The topological polar surface area (TPSA) is 85.9 Å². The number of carboxylic acids is 1. The molecule has 0 atom stereocenters. The van der Waals surface area contributed by atoms with Gasteiger partial charge in [0.05, 0.1) is 5.69 Å². The number of rotatable bonds is 4. The fourth-order valence-electron chi connectivity index (χ4n) is 1.77. The largest absolute Gasteiger partial charge is 0.481 e. The minimum Gasteiger partial charge on any atom is -0.481 e. The van der Waals surface area contributed by atoms with E-state index in [1.54, 1.807) is 0 Å². The number of H-pyrrole nitrogens is 2. The normalized spacial score (nSPS) is 10.6. The van der Waals surface area contributed by atoms with Crippen LogP contribution in [0.25, 0.3) is 11.3 Å². The van der Waals surface area contributed by atoms with Crippen LogP contribution in [0.5, 0.6) is 0 Å². The third-order valence-electron chi connectivity index (χ3n) is 2.66. The number of benzene rings is 1.